The molecule has 0 radical (unpaired) electrons. The van der Waals surface area contributed by atoms with E-state index in [0.29, 0.717) is 0 Å². The van der Waals surface area contributed by atoms with Crippen LogP contribution < -0.4 is 10.6 Å². The van der Waals surface area contributed by atoms with Crippen molar-refractivity contribution in [2.45, 2.75) is 38.8 Å². The summed E-state index contributed by atoms with van der Waals surface area (Å²) in [7, 11) is 0. The summed E-state index contributed by atoms with van der Waals surface area (Å²) in [6, 6.07) is 8.61. The Morgan fingerprint density at radius 1 is 1.19 bits per heavy atom. The summed E-state index contributed by atoms with van der Waals surface area (Å²) in [6.07, 6.45) is 2.29. The standard InChI is InChI=1S/C21H34N4OS/c1-3-18-7-5-6-8-19(18)15-23-20(22-4-2)24-16-21(9-14-27-17-21)25-10-12-26-13-11-25/h5-8H,3-4,9-17H2,1-2H3,(H2,22,23,24). The molecule has 2 saturated heterocycles. The molecule has 150 valence electrons. The molecule has 2 aliphatic heterocycles. The predicted molar refractivity (Wildman–Crippen MR) is 116 cm³/mol. The summed E-state index contributed by atoms with van der Waals surface area (Å²) in [4.78, 5) is 7.51. The summed E-state index contributed by atoms with van der Waals surface area (Å²) < 4.78 is 5.57. The van der Waals surface area contributed by atoms with Crippen LogP contribution in [-0.2, 0) is 17.7 Å². The van der Waals surface area contributed by atoms with Gasteiger partial charge in [0.25, 0.3) is 0 Å². The van der Waals surface area contributed by atoms with Gasteiger partial charge >= 0.3 is 0 Å². The second-order valence-corrected chi connectivity index (χ2v) is 8.40. The van der Waals surface area contributed by atoms with Crippen molar-refractivity contribution in [2.75, 3.05) is 50.9 Å². The first-order valence-corrected chi connectivity index (χ1v) is 11.4. The van der Waals surface area contributed by atoms with Crippen LogP contribution in [0.25, 0.3) is 0 Å². The first-order chi connectivity index (χ1) is 13.3. The Bertz CT molecular complexity index is 610. The van der Waals surface area contributed by atoms with Gasteiger partial charge in [-0.25, -0.2) is 4.99 Å². The van der Waals surface area contributed by atoms with Crippen LogP contribution >= 0.6 is 11.8 Å². The number of aryl methyl sites for hydroxylation is 1. The molecule has 2 fully saturated rings. The summed E-state index contributed by atoms with van der Waals surface area (Å²) in [5.74, 6) is 3.36. The zero-order valence-corrected chi connectivity index (χ0v) is 17.6. The van der Waals surface area contributed by atoms with Gasteiger partial charge in [0.05, 0.1) is 19.8 Å². The molecule has 0 bridgehead atoms. The Morgan fingerprint density at radius 3 is 2.63 bits per heavy atom. The van der Waals surface area contributed by atoms with Gasteiger partial charge in [-0.15, -0.1) is 0 Å². The van der Waals surface area contributed by atoms with E-state index in [1.54, 1.807) is 0 Å². The van der Waals surface area contributed by atoms with Gasteiger partial charge in [0.1, 0.15) is 0 Å². The van der Waals surface area contributed by atoms with Gasteiger partial charge in [0, 0.05) is 37.5 Å². The molecule has 0 saturated carbocycles. The molecular formula is C21H34N4OS. The molecule has 0 aromatic heterocycles. The Morgan fingerprint density at radius 2 is 1.96 bits per heavy atom. The normalized spacial score (nSPS) is 24.1. The van der Waals surface area contributed by atoms with Crippen molar-refractivity contribution < 1.29 is 4.74 Å². The monoisotopic (exact) mass is 390 g/mol. The Labute approximate surface area is 168 Å². The van der Waals surface area contributed by atoms with E-state index in [-0.39, 0.29) is 5.54 Å². The third-order valence-corrected chi connectivity index (χ3v) is 6.83. The SMILES string of the molecule is CCNC(=NCc1ccccc1CC)NCC1(N2CCOCC2)CCSC1. The minimum absolute atomic E-state index is 0.228. The fraction of sp³-hybridized carbons (Fsp3) is 0.667. The molecule has 2 aliphatic rings. The largest absolute Gasteiger partial charge is 0.379 e. The van der Waals surface area contributed by atoms with Gasteiger partial charge in [-0.2, -0.15) is 11.8 Å². The molecule has 0 spiro atoms. The van der Waals surface area contributed by atoms with E-state index < -0.39 is 0 Å². The molecular weight excluding hydrogens is 356 g/mol. The van der Waals surface area contributed by atoms with Crippen LogP contribution in [0.5, 0.6) is 0 Å². The number of nitrogens with zero attached hydrogens (tertiary/aromatic N) is 2. The first-order valence-electron chi connectivity index (χ1n) is 10.3. The van der Waals surface area contributed by atoms with Crippen molar-refractivity contribution in [3.8, 4) is 0 Å². The van der Waals surface area contributed by atoms with Gasteiger partial charge < -0.3 is 15.4 Å². The molecule has 2 N–H and O–H groups in total. The topological polar surface area (TPSA) is 48.9 Å². The van der Waals surface area contributed by atoms with Crippen LogP contribution in [-0.4, -0.2) is 67.3 Å². The van der Waals surface area contributed by atoms with Gasteiger partial charge in [0.15, 0.2) is 5.96 Å². The van der Waals surface area contributed by atoms with Crippen molar-refractivity contribution in [2.24, 2.45) is 4.99 Å². The fourth-order valence-electron chi connectivity index (χ4n) is 3.95. The Hall–Kier alpha value is -1.24. The number of guanidine groups is 1. The molecule has 1 unspecified atom stereocenters. The molecule has 1 aromatic rings. The van der Waals surface area contributed by atoms with Crippen LogP contribution in [0.3, 0.4) is 0 Å². The van der Waals surface area contributed by atoms with Crippen molar-refractivity contribution >= 4 is 17.7 Å². The lowest BCUT2D eigenvalue weighted by atomic mass is 9.95. The number of aliphatic imine (C=N–C) groups is 1. The molecule has 0 aliphatic carbocycles. The molecule has 1 atom stereocenters. The highest BCUT2D eigenvalue weighted by atomic mass is 32.2. The van der Waals surface area contributed by atoms with E-state index in [1.807, 2.05) is 0 Å². The lowest BCUT2D eigenvalue weighted by molar-refractivity contribution is -0.0120. The van der Waals surface area contributed by atoms with Gasteiger partial charge in [-0.3, -0.25) is 4.90 Å². The van der Waals surface area contributed by atoms with Crippen LogP contribution in [0.15, 0.2) is 29.3 Å². The molecule has 5 nitrogen and oxygen atoms in total. The predicted octanol–water partition coefficient (Wildman–Crippen LogP) is 2.51. The molecule has 0 amide bonds. The van der Waals surface area contributed by atoms with E-state index in [2.05, 4.69) is 65.4 Å². The number of nitrogens with one attached hydrogen (secondary N) is 2. The highest BCUT2D eigenvalue weighted by Crippen LogP contribution is 2.33. The summed E-state index contributed by atoms with van der Waals surface area (Å²) in [5.41, 5.74) is 2.93. The van der Waals surface area contributed by atoms with Crippen molar-refractivity contribution in [3.63, 3.8) is 0 Å². The Kier molecular flexibility index (Phi) is 7.85. The summed E-state index contributed by atoms with van der Waals surface area (Å²) in [5, 5.41) is 7.07. The number of thioether (sulfide) groups is 1. The number of rotatable bonds is 7. The van der Waals surface area contributed by atoms with Gasteiger partial charge in [0.2, 0.25) is 0 Å². The van der Waals surface area contributed by atoms with E-state index in [0.717, 1.165) is 58.3 Å². The minimum atomic E-state index is 0.228. The average molecular weight is 391 g/mol. The number of benzene rings is 1. The van der Waals surface area contributed by atoms with Crippen molar-refractivity contribution in [1.82, 2.24) is 15.5 Å². The highest BCUT2D eigenvalue weighted by molar-refractivity contribution is 7.99. The molecule has 3 rings (SSSR count). The highest BCUT2D eigenvalue weighted by Gasteiger charge is 2.40. The zero-order chi connectivity index (χ0) is 19.0. The van der Waals surface area contributed by atoms with E-state index in [9.17, 15) is 0 Å². The minimum Gasteiger partial charge on any atom is -0.379 e. The smallest absolute Gasteiger partial charge is 0.191 e. The second kappa shape index (κ2) is 10.3. The number of morpholine rings is 1. The number of hydrogen-bond donors (Lipinski definition) is 2. The maximum Gasteiger partial charge on any atom is 0.191 e. The molecule has 2 heterocycles. The van der Waals surface area contributed by atoms with E-state index in [1.165, 1.54) is 29.1 Å². The molecule has 6 heteroatoms. The maximum absolute atomic E-state index is 5.57. The lowest BCUT2D eigenvalue weighted by Crippen LogP contribution is -2.60. The average Bonchev–Trinajstić information content (AvgIpc) is 3.21. The van der Waals surface area contributed by atoms with Crippen LogP contribution in [0.2, 0.25) is 0 Å². The molecule has 27 heavy (non-hydrogen) atoms. The Balaban J connectivity index is 1.65. The number of hydrogen-bond acceptors (Lipinski definition) is 4. The van der Waals surface area contributed by atoms with E-state index in [4.69, 9.17) is 9.73 Å². The summed E-state index contributed by atoms with van der Waals surface area (Å²) in [6.45, 7) is 10.7. The van der Waals surface area contributed by atoms with Crippen LogP contribution in [0.4, 0.5) is 0 Å². The molecule has 1 aromatic carbocycles. The number of ether oxygens (including phenoxy) is 1. The first kappa shape index (κ1) is 20.5. The van der Waals surface area contributed by atoms with Gasteiger partial charge in [-0.1, -0.05) is 31.2 Å². The third kappa shape index (κ3) is 5.39. The maximum atomic E-state index is 5.57. The third-order valence-electron chi connectivity index (χ3n) is 5.60. The van der Waals surface area contributed by atoms with Crippen molar-refractivity contribution in [3.05, 3.63) is 35.4 Å². The van der Waals surface area contributed by atoms with Crippen LogP contribution in [0, 0.1) is 0 Å². The quantitative estimate of drug-likeness (QED) is 0.553. The van der Waals surface area contributed by atoms with Gasteiger partial charge in [-0.05, 0) is 36.6 Å². The van der Waals surface area contributed by atoms with Crippen molar-refractivity contribution in [1.29, 1.82) is 0 Å². The fourth-order valence-corrected chi connectivity index (χ4v) is 5.42. The van der Waals surface area contributed by atoms with E-state index >= 15 is 0 Å². The summed E-state index contributed by atoms with van der Waals surface area (Å²) >= 11 is 2.07. The second-order valence-electron chi connectivity index (χ2n) is 7.30. The lowest BCUT2D eigenvalue weighted by Gasteiger charge is -2.43. The van der Waals surface area contributed by atoms with Crippen LogP contribution in [0.1, 0.15) is 31.4 Å². The zero-order valence-electron chi connectivity index (χ0n) is 16.8.